The standard InChI is InChI=1S/C20H24N2O3S/c1-3-18-14(2)10-19(26-18)20(23)22-8-6-21(7-9-22)12-15-4-5-16-17(11-15)25-13-24-16/h4-5,10-11H,3,6-9,12-13H2,1-2H3. The Kier molecular flexibility index (Phi) is 4.87. The summed E-state index contributed by atoms with van der Waals surface area (Å²) in [5.41, 5.74) is 2.46. The van der Waals surface area contributed by atoms with Crippen molar-refractivity contribution in [3.8, 4) is 11.5 Å². The average molecular weight is 372 g/mol. The third-order valence-corrected chi connectivity index (χ3v) is 6.42. The molecule has 5 nitrogen and oxygen atoms in total. The van der Waals surface area contributed by atoms with Gasteiger partial charge in [-0.2, -0.15) is 0 Å². The van der Waals surface area contributed by atoms with Crippen molar-refractivity contribution in [2.45, 2.75) is 26.8 Å². The van der Waals surface area contributed by atoms with Crippen molar-refractivity contribution >= 4 is 17.2 Å². The molecule has 0 aliphatic carbocycles. The van der Waals surface area contributed by atoms with E-state index in [1.54, 1.807) is 11.3 Å². The zero-order valence-electron chi connectivity index (χ0n) is 15.3. The SMILES string of the molecule is CCc1sc(C(=O)N2CCN(Cc3ccc4c(c3)OCO4)CC2)cc1C. The van der Waals surface area contributed by atoms with Gasteiger partial charge in [0.15, 0.2) is 11.5 Å². The molecule has 6 heteroatoms. The molecule has 1 fully saturated rings. The number of hydrogen-bond acceptors (Lipinski definition) is 5. The van der Waals surface area contributed by atoms with Gasteiger partial charge in [0, 0.05) is 37.6 Å². The lowest BCUT2D eigenvalue weighted by Crippen LogP contribution is -2.48. The van der Waals surface area contributed by atoms with Crippen LogP contribution >= 0.6 is 11.3 Å². The van der Waals surface area contributed by atoms with Gasteiger partial charge in [-0.05, 0) is 42.7 Å². The van der Waals surface area contributed by atoms with Gasteiger partial charge in [0.1, 0.15) is 0 Å². The van der Waals surface area contributed by atoms with Crippen molar-refractivity contribution in [1.29, 1.82) is 0 Å². The number of thiophene rings is 1. The summed E-state index contributed by atoms with van der Waals surface area (Å²) in [7, 11) is 0. The summed E-state index contributed by atoms with van der Waals surface area (Å²) in [6.45, 7) is 8.76. The lowest BCUT2D eigenvalue weighted by atomic mass is 10.1. The molecule has 0 N–H and O–H groups in total. The van der Waals surface area contributed by atoms with Crippen LogP contribution in [-0.2, 0) is 13.0 Å². The zero-order chi connectivity index (χ0) is 18.1. The smallest absolute Gasteiger partial charge is 0.264 e. The second-order valence-electron chi connectivity index (χ2n) is 6.83. The van der Waals surface area contributed by atoms with Crippen molar-refractivity contribution in [2.75, 3.05) is 33.0 Å². The molecular formula is C20H24N2O3S. The minimum absolute atomic E-state index is 0.181. The lowest BCUT2D eigenvalue weighted by Gasteiger charge is -2.34. The number of ether oxygens (including phenoxy) is 2. The molecule has 2 aliphatic heterocycles. The number of hydrogen-bond donors (Lipinski definition) is 0. The fraction of sp³-hybridized carbons (Fsp3) is 0.450. The minimum atomic E-state index is 0.181. The Bertz CT molecular complexity index is 809. The molecule has 1 aromatic carbocycles. The molecule has 4 rings (SSSR count). The Hall–Kier alpha value is -2.05. The van der Waals surface area contributed by atoms with E-state index in [4.69, 9.17) is 9.47 Å². The predicted molar refractivity (Wildman–Crippen MR) is 102 cm³/mol. The molecule has 138 valence electrons. The highest BCUT2D eigenvalue weighted by Crippen LogP contribution is 2.33. The molecule has 3 heterocycles. The second kappa shape index (κ2) is 7.29. The number of carbonyl (C=O) groups excluding carboxylic acids is 1. The van der Waals surface area contributed by atoms with E-state index in [0.29, 0.717) is 6.79 Å². The van der Waals surface area contributed by atoms with Crippen LogP contribution in [0.15, 0.2) is 24.3 Å². The van der Waals surface area contributed by atoms with E-state index in [1.165, 1.54) is 16.0 Å². The fourth-order valence-electron chi connectivity index (χ4n) is 3.54. The number of piperazine rings is 1. The Morgan fingerprint density at radius 3 is 2.62 bits per heavy atom. The monoisotopic (exact) mass is 372 g/mol. The van der Waals surface area contributed by atoms with Gasteiger partial charge in [0.25, 0.3) is 5.91 Å². The molecule has 1 aromatic heterocycles. The van der Waals surface area contributed by atoms with Crippen LogP contribution in [0.25, 0.3) is 0 Å². The molecule has 2 aromatic rings. The Morgan fingerprint density at radius 2 is 1.88 bits per heavy atom. The first-order valence-corrected chi connectivity index (χ1v) is 9.95. The van der Waals surface area contributed by atoms with E-state index < -0.39 is 0 Å². The molecule has 0 saturated carbocycles. The van der Waals surface area contributed by atoms with Crippen molar-refractivity contribution in [2.24, 2.45) is 0 Å². The fourth-order valence-corrected chi connectivity index (χ4v) is 4.62. The Balaban J connectivity index is 1.34. The first-order valence-electron chi connectivity index (χ1n) is 9.13. The van der Waals surface area contributed by atoms with Crippen molar-refractivity contribution in [3.05, 3.63) is 45.1 Å². The molecule has 2 aliphatic rings. The number of amides is 1. The zero-order valence-corrected chi connectivity index (χ0v) is 16.1. The van der Waals surface area contributed by atoms with E-state index in [9.17, 15) is 4.79 Å². The van der Waals surface area contributed by atoms with Crippen LogP contribution in [0, 0.1) is 6.92 Å². The van der Waals surface area contributed by atoms with Gasteiger partial charge < -0.3 is 14.4 Å². The highest BCUT2D eigenvalue weighted by molar-refractivity contribution is 7.14. The van der Waals surface area contributed by atoms with E-state index in [1.807, 2.05) is 17.0 Å². The first kappa shape index (κ1) is 17.4. The second-order valence-corrected chi connectivity index (χ2v) is 7.96. The van der Waals surface area contributed by atoms with Gasteiger partial charge in [0.2, 0.25) is 6.79 Å². The largest absolute Gasteiger partial charge is 0.454 e. The quantitative estimate of drug-likeness (QED) is 0.826. The molecule has 1 amide bonds. The van der Waals surface area contributed by atoms with Crippen LogP contribution in [0.1, 0.15) is 32.6 Å². The summed E-state index contributed by atoms with van der Waals surface area (Å²) < 4.78 is 10.8. The number of rotatable bonds is 4. The summed E-state index contributed by atoms with van der Waals surface area (Å²) in [6.07, 6.45) is 0.993. The van der Waals surface area contributed by atoms with Crippen LogP contribution in [0.5, 0.6) is 11.5 Å². The van der Waals surface area contributed by atoms with E-state index in [2.05, 4.69) is 30.9 Å². The van der Waals surface area contributed by atoms with Gasteiger partial charge in [-0.15, -0.1) is 11.3 Å². The van der Waals surface area contributed by atoms with Crippen LogP contribution in [0.3, 0.4) is 0 Å². The van der Waals surface area contributed by atoms with Crippen LogP contribution < -0.4 is 9.47 Å². The first-order chi connectivity index (χ1) is 12.6. The number of fused-ring (bicyclic) bond motifs is 1. The summed E-state index contributed by atoms with van der Waals surface area (Å²) in [5, 5.41) is 0. The molecule has 26 heavy (non-hydrogen) atoms. The van der Waals surface area contributed by atoms with Crippen LogP contribution in [-0.4, -0.2) is 48.7 Å². The maximum Gasteiger partial charge on any atom is 0.264 e. The lowest BCUT2D eigenvalue weighted by molar-refractivity contribution is 0.0633. The highest BCUT2D eigenvalue weighted by atomic mass is 32.1. The van der Waals surface area contributed by atoms with Gasteiger partial charge in [0.05, 0.1) is 4.88 Å². The summed E-state index contributed by atoms with van der Waals surface area (Å²) in [4.78, 5) is 19.3. The molecule has 1 saturated heterocycles. The molecule has 0 radical (unpaired) electrons. The van der Waals surface area contributed by atoms with Gasteiger partial charge in [-0.3, -0.25) is 9.69 Å². The molecular weight excluding hydrogens is 348 g/mol. The predicted octanol–water partition coefficient (Wildman–Crippen LogP) is 3.31. The molecule has 0 atom stereocenters. The van der Waals surface area contributed by atoms with Crippen molar-refractivity contribution < 1.29 is 14.3 Å². The van der Waals surface area contributed by atoms with Gasteiger partial charge in [-0.25, -0.2) is 0 Å². The number of aryl methyl sites for hydroxylation is 2. The average Bonchev–Trinajstić information content (AvgIpc) is 3.27. The summed E-state index contributed by atoms with van der Waals surface area (Å²) >= 11 is 1.65. The third kappa shape index (κ3) is 3.44. The Morgan fingerprint density at radius 1 is 1.12 bits per heavy atom. The van der Waals surface area contributed by atoms with E-state index in [-0.39, 0.29) is 5.91 Å². The van der Waals surface area contributed by atoms with Crippen LogP contribution in [0.4, 0.5) is 0 Å². The molecule has 0 unspecified atom stereocenters. The highest BCUT2D eigenvalue weighted by Gasteiger charge is 2.24. The molecule has 0 bridgehead atoms. The van der Waals surface area contributed by atoms with Gasteiger partial charge in [-0.1, -0.05) is 13.0 Å². The third-order valence-electron chi connectivity index (χ3n) is 5.06. The Labute approximate surface area is 158 Å². The maximum absolute atomic E-state index is 12.8. The van der Waals surface area contributed by atoms with E-state index in [0.717, 1.165) is 55.5 Å². The molecule has 0 spiro atoms. The van der Waals surface area contributed by atoms with Crippen LogP contribution in [0.2, 0.25) is 0 Å². The van der Waals surface area contributed by atoms with Gasteiger partial charge >= 0.3 is 0 Å². The van der Waals surface area contributed by atoms with Crippen molar-refractivity contribution in [1.82, 2.24) is 9.80 Å². The summed E-state index contributed by atoms with van der Waals surface area (Å²) in [5.74, 6) is 1.83. The van der Waals surface area contributed by atoms with E-state index >= 15 is 0 Å². The maximum atomic E-state index is 12.8. The minimum Gasteiger partial charge on any atom is -0.454 e. The summed E-state index contributed by atoms with van der Waals surface area (Å²) in [6, 6.07) is 8.17. The number of nitrogens with zero attached hydrogens (tertiary/aromatic N) is 2. The topological polar surface area (TPSA) is 42.0 Å². The number of carbonyl (C=O) groups is 1. The normalized spacial score (nSPS) is 16.9. The number of benzene rings is 1. The van der Waals surface area contributed by atoms with Crippen molar-refractivity contribution in [3.63, 3.8) is 0 Å².